The molecule has 0 atom stereocenters. The largest absolute Gasteiger partial charge is 0.338 e. The van der Waals surface area contributed by atoms with Crippen molar-refractivity contribution >= 4 is 22.3 Å². The first-order chi connectivity index (χ1) is 8.31. The third kappa shape index (κ3) is 2.94. The molecule has 2 aromatic rings. The van der Waals surface area contributed by atoms with Gasteiger partial charge in [0.15, 0.2) is 0 Å². The van der Waals surface area contributed by atoms with Gasteiger partial charge in [0.1, 0.15) is 6.33 Å². The predicted octanol–water partition coefficient (Wildman–Crippen LogP) is 1.04. The summed E-state index contributed by atoms with van der Waals surface area (Å²) in [5.41, 5.74) is 1.12. The average Bonchev–Trinajstić information content (AvgIpc) is 2.90. The number of rotatable bonds is 5. The standard InChI is InChI=1S/C10H15N5OS/c1-2-4-11-9(16)12-5-3-8-6-17-10-14-13-7-15(8)10/h6-7H,2-5H2,1H3,(H2,11,12,16). The summed E-state index contributed by atoms with van der Waals surface area (Å²) >= 11 is 1.55. The molecule has 17 heavy (non-hydrogen) atoms. The zero-order valence-corrected chi connectivity index (χ0v) is 10.5. The summed E-state index contributed by atoms with van der Waals surface area (Å²) in [6, 6.07) is -0.109. The number of hydrogen-bond acceptors (Lipinski definition) is 4. The highest BCUT2D eigenvalue weighted by molar-refractivity contribution is 7.15. The maximum Gasteiger partial charge on any atom is 0.314 e. The van der Waals surface area contributed by atoms with Gasteiger partial charge in [-0.2, -0.15) is 0 Å². The zero-order chi connectivity index (χ0) is 12.1. The molecule has 0 aromatic carbocycles. The van der Waals surface area contributed by atoms with E-state index in [0.717, 1.165) is 23.5 Å². The van der Waals surface area contributed by atoms with Crippen LogP contribution in [0.2, 0.25) is 0 Å². The van der Waals surface area contributed by atoms with Gasteiger partial charge in [0.2, 0.25) is 4.96 Å². The van der Waals surface area contributed by atoms with E-state index in [-0.39, 0.29) is 6.03 Å². The molecule has 0 saturated carbocycles. The Morgan fingerprint density at radius 2 is 2.29 bits per heavy atom. The quantitative estimate of drug-likeness (QED) is 0.836. The molecule has 2 heterocycles. The summed E-state index contributed by atoms with van der Waals surface area (Å²) < 4.78 is 1.94. The minimum atomic E-state index is -0.109. The molecule has 0 aliphatic heterocycles. The fourth-order valence-corrected chi connectivity index (χ4v) is 2.31. The maximum absolute atomic E-state index is 11.3. The summed E-state index contributed by atoms with van der Waals surface area (Å²) in [6.07, 6.45) is 3.41. The van der Waals surface area contributed by atoms with Crippen LogP contribution in [0.1, 0.15) is 19.0 Å². The fourth-order valence-electron chi connectivity index (χ4n) is 1.46. The molecular formula is C10H15N5OS. The van der Waals surface area contributed by atoms with Crippen molar-refractivity contribution in [3.8, 4) is 0 Å². The minimum Gasteiger partial charge on any atom is -0.338 e. The second-order valence-electron chi connectivity index (χ2n) is 3.64. The summed E-state index contributed by atoms with van der Waals surface area (Å²) in [6.45, 7) is 3.34. The van der Waals surface area contributed by atoms with E-state index >= 15 is 0 Å². The molecule has 2 amide bonds. The van der Waals surface area contributed by atoms with Gasteiger partial charge in [-0.25, -0.2) is 4.79 Å². The first-order valence-corrected chi connectivity index (χ1v) is 6.47. The van der Waals surface area contributed by atoms with E-state index in [1.165, 1.54) is 0 Å². The molecule has 0 saturated heterocycles. The maximum atomic E-state index is 11.3. The van der Waals surface area contributed by atoms with Crippen molar-refractivity contribution < 1.29 is 4.79 Å². The molecule has 0 fully saturated rings. The molecule has 0 aliphatic carbocycles. The van der Waals surface area contributed by atoms with Gasteiger partial charge in [-0.05, 0) is 6.42 Å². The highest BCUT2D eigenvalue weighted by Gasteiger charge is 2.05. The molecular weight excluding hydrogens is 238 g/mol. The van der Waals surface area contributed by atoms with Crippen LogP contribution in [-0.4, -0.2) is 33.7 Å². The van der Waals surface area contributed by atoms with Crippen molar-refractivity contribution in [2.75, 3.05) is 13.1 Å². The smallest absolute Gasteiger partial charge is 0.314 e. The van der Waals surface area contributed by atoms with Crippen LogP contribution in [0.25, 0.3) is 4.96 Å². The molecule has 0 bridgehead atoms. The van der Waals surface area contributed by atoms with Crippen LogP contribution in [0.15, 0.2) is 11.7 Å². The molecule has 2 rings (SSSR count). The van der Waals surface area contributed by atoms with E-state index in [9.17, 15) is 4.79 Å². The molecule has 0 aliphatic rings. The number of carbonyl (C=O) groups is 1. The highest BCUT2D eigenvalue weighted by atomic mass is 32.1. The summed E-state index contributed by atoms with van der Waals surface area (Å²) in [5.74, 6) is 0. The van der Waals surface area contributed by atoms with E-state index in [1.54, 1.807) is 17.7 Å². The molecule has 2 N–H and O–H groups in total. The van der Waals surface area contributed by atoms with Gasteiger partial charge in [0.05, 0.1) is 0 Å². The normalized spacial score (nSPS) is 10.6. The lowest BCUT2D eigenvalue weighted by Crippen LogP contribution is -2.36. The molecule has 0 spiro atoms. The van der Waals surface area contributed by atoms with E-state index in [1.807, 2.05) is 16.7 Å². The van der Waals surface area contributed by atoms with Gasteiger partial charge in [-0.15, -0.1) is 21.5 Å². The fraction of sp³-hybridized carbons (Fsp3) is 0.500. The van der Waals surface area contributed by atoms with E-state index in [4.69, 9.17) is 0 Å². The van der Waals surface area contributed by atoms with Gasteiger partial charge >= 0.3 is 6.03 Å². The van der Waals surface area contributed by atoms with Crippen LogP contribution in [-0.2, 0) is 6.42 Å². The van der Waals surface area contributed by atoms with Gasteiger partial charge in [-0.1, -0.05) is 6.92 Å². The number of amides is 2. The van der Waals surface area contributed by atoms with Crippen molar-refractivity contribution in [1.82, 2.24) is 25.2 Å². The zero-order valence-electron chi connectivity index (χ0n) is 9.64. The lowest BCUT2D eigenvalue weighted by molar-refractivity contribution is 0.241. The minimum absolute atomic E-state index is 0.109. The SMILES string of the molecule is CCCNC(=O)NCCc1csc2nncn12. The van der Waals surface area contributed by atoms with Crippen molar-refractivity contribution in [3.05, 3.63) is 17.4 Å². The van der Waals surface area contributed by atoms with Crippen molar-refractivity contribution in [2.45, 2.75) is 19.8 Å². The number of hydrogen-bond donors (Lipinski definition) is 2. The van der Waals surface area contributed by atoms with Crippen LogP contribution in [0.5, 0.6) is 0 Å². The van der Waals surface area contributed by atoms with Crippen molar-refractivity contribution in [2.24, 2.45) is 0 Å². The van der Waals surface area contributed by atoms with E-state index in [0.29, 0.717) is 13.1 Å². The number of carbonyl (C=O) groups excluding carboxylic acids is 1. The van der Waals surface area contributed by atoms with Crippen LogP contribution in [0.3, 0.4) is 0 Å². The average molecular weight is 253 g/mol. The third-order valence-corrected chi connectivity index (χ3v) is 3.21. The number of fused-ring (bicyclic) bond motifs is 1. The summed E-state index contributed by atoms with van der Waals surface area (Å²) in [5, 5.41) is 15.4. The summed E-state index contributed by atoms with van der Waals surface area (Å²) in [7, 11) is 0. The Hall–Kier alpha value is -1.63. The Balaban J connectivity index is 1.79. The van der Waals surface area contributed by atoms with Crippen molar-refractivity contribution in [1.29, 1.82) is 0 Å². The molecule has 6 nitrogen and oxygen atoms in total. The second kappa shape index (κ2) is 5.62. The first kappa shape index (κ1) is 11.8. The number of urea groups is 1. The molecule has 2 aromatic heterocycles. The van der Waals surface area contributed by atoms with Crippen LogP contribution < -0.4 is 10.6 Å². The Morgan fingerprint density at radius 1 is 1.47 bits per heavy atom. The number of nitrogens with one attached hydrogen (secondary N) is 2. The predicted molar refractivity (Wildman–Crippen MR) is 66.3 cm³/mol. The van der Waals surface area contributed by atoms with Gasteiger partial charge in [0.25, 0.3) is 0 Å². The second-order valence-corrected chi connectivity index (χ2v) is 4.48. The Labute approximate surface area is 103 Å². The van der Waals surface area contributed by atoms with E-state index < -0.39 is 0 Å². The first-order valence-electron chi connectivity index (χ1n) is 5.59. The lowest BCUT2D eigenvalue weighted by atomic mass is 10.3. The van der Waals surface area contributed by atoms with Crippen LogP contribution in [0, 0.1) is 0 Å². The number of thiazole rings is 1. The Morgan fingerprint density at radius 3 is 3.12 bits per heavy atom. The summed E-state index contributed by atoms with van der Waals surface area (Å²) in [4.78, 5) is 12.2. The Kier molecular flexibility index (Phi) is 3.92. The van der Waals surface area contributed by atoms with Crippen molar-refractivity contribution in [3.63, 3.8) is 0 Å². The third-order valence-electron chi connectivity index (χ3n) is 2.33. The monoisotopic (exact) mass is 253 g/mol. The molecule has 92 valence electrons. The van der Waals surface area contributed by atoms with Gasteiger partial charge < -0.3 is 10.6 Å². The number of aromatic nitrogens is 3. The molecule has 0 unspecified atom stereocenters. The topological polar surface area (TPSA) is 71.3 Å². The van der Waals surface area contributed by atoms with E-state index in [2.05, 4.69) is 20.8 Å². The van der Waals surface area contributed by atoms with Gasteiger partial charge in [-0.3, -0.25) is 4.40 Å². The number of nitrogens with zero attached hydrogens (tertiary/aromatic N) is 3. The van der Waals surface area contributed by atoms with Crippen LogP contribution >= 0.6 is 11.3 Å². The Bertz CT molecular complexity index is 492. The lowest BCUT2D eigenvalue weighted by Gasteiger charge is -2.05. The highest BCUT2D eigenvalue weighted by Crippen LogP contribution is 2.13. The van der Waals surface area contributed by atoms with Gasteiger partial charge in [0, 0.05) is 30.6 Å². The molecule has 0 radical (unpaired) electrons. The van der Waals surface area contributed by atoms with Crippen LogP contribution in [0.4, 0.5) is 4.79 Å². The molecule has 7 heteroatoms.